The SMILES string of the molecule is COC(=O)C(N)C1CCCCC1.COC(=O)C(NC(=O)OCc1ccccc1)=C1CCCCC1. The van der Waals surface area contributed by atoms with E-state index in [1.807, 2.05) is 30.3 Å². The molecule has 188 valence electrons. The molecule has 3 rings (SSSR count). The van der Waals surface area contributed by atoms with Crippen LogP contribution in [0.25, 0.3) is 0 Å². The third kappa shape index (κ3) is 9.17. The Morgan fingerprint density at radius 3 is 2.15 bits per heavy atom. The fourth-order valence-corrected chi connectivity index (χ4v) is 4.30. The summed E-state index contributed by atoms with van der Waals surface area (Å²) < 4.78 is 14.5. The molecular weight excluding hydrogens is 436 g/mol. The number of alkyl carbamates (subject to hydrolysis) is 1. The predicted octanol–water partition coefficient (Wildman–Crippen LogP) is 4.37. The van der Waals surface area contributed by atoms with Gasteiger partial charge in [0.2, 0.25) is 0 Å². The quantitative estimate of drug-likeness (QED) is 0.357. The van der Waals surface area contributed by atoms with Gasteiger partial charge in [0.1, 0.15) is 18.3 Å². The van der Waals surface area contributed by atoms with E-state index in [1.165, 1.54) is 33.5 Å². The fraction of sp³-hybridized carbons (Fsp3) is 0.577. The van der Waals surface area contributed by atoms with Crippen molar-refractivity contribution < 1.29 is 28.6 Å². The number of hydrogen-bond donors (Lipinski definition) is 2. The minimum atomic E-state index is -0.637. The molecule has 2 fully saturated rings. The molecule has 2 saturated carbocycles. The molecule has 3 N–H and O–H groups in total. The Hall–Kier alpha value is -2.87. The summed E-state index contributed by atoms with van der Waals surface area (Å²) in [5.41, 5.74) is 7.80. The maximum absolute atomic E-state index is 11.9. The van der Waals surface area contributed by atoms with Gasteiger partial charge in [-0.3, -0.25) is 10.1 Å². The molecule has 8 nitrogen and oxygen atoms in total. The van der Waals surface area contributed by atoms with E-state index in [0.29, 0.717) is 5.92 Å². The normalized spacial score (nSPS) is 16.9. The average molecular weight is 475 g/mol. The maximum atomic E-state index is 11.9. The maximum Gasteiger partial charge on any atom is 0.412 e. The van der Waals surface area contributed by atoms with Crippen molar-refractivity contribution in [3.63, 3.8) is 0 Å². The Kier molecular flexibility index (Phi) is 12.2. The molecule has 1 amide bonds. The number of esters is 2. The number of nitrogens with two attached hydrogens (primary N) is 1. The smallest absolute Gasteiger partial charge is 0.412 e. The van der Waals surface area contributed by atoms with Gasteiger partial charge in [-0.15, -0.1) is 0 Å². The minimum absolute atomic E-state index is 0.163. The highest BCUT2D eigenvalue weighted by atomic mass is 16.6. The van der Waals surface area contributed by atoms with Gasteiger partial charge in [-0.1, -0.05) is 56.0 Å². The largest absolute Gasteiger partial charge is 0.468 e. The van der Waals surface area contributed by atoms with Gasteiger partial charge in [0, 0.05) is 0 Å². The molecule has 0 saturated heterocycles. The van der Waals surface area contributed by atoms with Crippen molar-refractivity contribution >= 4 is 18.0 Å². The van der Waals surface area contributed by atoms with Crippen LogP contribution in [-0.4, -0.2) is 38.3 Å². The lowest BCUT2D eigenvalue weighted by molar-refractivity contribution is -0.143. The molecule has 0 bridgehead atoms. The van der Waals surface area contributed by atoms with Crippen LogP contribution >= 0.6 is 0 Å². The first-order valence-electron chi connectivity index (χ1n) is 12.1. The van der Waals surface area contributed by atoms with Crippen molar-refractivity contribution in [2.75, 3.05) is 14.2 Å². The van der Waals surface area contributed by atoms with Gasteiger partial charge >= 0.3 is 18.0 Å². The van der Waals surface area contributed by atoms with Gasteiger partial charge in [-0.2, -0.15) is 0 Å². The summed E-state index contributed by atoms with van der Waals surface area (Å²) in [4.78, 5) is 34.8. The summed E-state index contributed by atoms with van der Waals surface area (Å²) in [6, 6.07) is 8.99. The highest BCUT2D eigenvalue weighted by Crippen LogP contribution is 2.26. The lowest BCUT2D eigenvalue weighted by Crippen LogP contribution is -2.39. The zero-order valence-corrected chi connectivity index (χ0v) is 20.3. The molecule has 8 heteroatoms. The summed E-state index contributed by atoms with van der Waals surface area (Å²) in [5, 5.41) is 2.55. The van der Waals surface area contributed by atoms with Gasteiger partial charge in [-0.05, 0) is 55.6 Å². The highest BCUT2D eigenvalue weighted by molar-refractivity contribution is 5.93. The van der Waals surface area contributed by atoms with Crippen molar-refractivity contribution in [3.8, 4) is 0 Å². The van der Waals surface area contributed by atoms with Crippen molar-refractivity contribution in [1.29, 1.82) is 0 Å². The second kappa shape index (κ2) is 15.1. The second-order valence-corrected chi connectivity index (χ2v) is 8.66. The van der Waals surface area contributed by atoms with E-state index in [0.717, 1.165) is 56.1 Å². The summed E-state index contributed by atoms with van der Waals surface area (Å²) in [7, 11) is 2.70. The third-order valence-electron chi connectivity index (χ3n) is 6.27. The van der Waals surface area contributed by atoms with Crippen molar-refractivity contribution in [2.24, 2.45) is 11.7 Å². The van der Waals surface area contributed by atoms with Gasteiger partial charge in [-0.25, -0.2) is 9.59 Å². The number of carbonyl (C=O) groups is 3. The summed E-state index contributed by atoms with van der Waals surface area (Å²) in [5.74, 6) is -0.429. The van der Waals surface area contributed by atoms with Crippen LogP contribution in [-0.2, 0) is 30.4 Å². The molecule has 2 aliphatic carbocycles. The number of amides is 1. The van der Waals surface area contributed by atoms with E-state index in [2.05, 4.69) is 10.1 Å². The van der Waals surface area contributed by atoms with Crippen LogP contribution in [0.4, 0.5) is 4.79 Å². The lowest BCUT2D eigenvalue weighted by atomic mass is 9.84. The first-order chi connectivity index (χ1) is 16.5. The van der Waals surface area contributed by atoms with Crippen molar-refractivity contribution in [1.82, 2.24) is 5.32 Å². The number of ether oxygens (including phenoxy) is 3. The number of methoxy groups -OCH3 is 2. The van der Waals surface area contributed by atoms with E-state index >= 15 is 0 Å². The monoisotopic (exact) mass is 474 g/mol. The first kappa shape index (κ1) is 27.4. The predicted molar refractivity (Wildman–Crippen MR) is 128 cm³/mol. The van der Waals surface area contributed by atoms with Crippen LogP contribution in [0.2, 0.25) is 0 Å². The zero-order valence-electron chi connectivity index (χ0n) is 20.3. The van der Waals surface area contributed by atoms with Crippen LogP contribution in [0.1, 0.15) is 69.8 Å². The third-order valence-corrected chi connectivity index (χ3v) is 6.27. The van der Waals surface area contributed by atoms with E-state index in [1.54, 1.807) is 0 Å². The Balaban J connectivity index is 0.000000287. The van der Waals surface area contributed by atoms with Crippen LogP contribution in [0.15, 0.2) is 41.6 Å². The number of hydrogen-bond acceptors (Lipinski definition) is 7. The molecular formula is C26H38N2O6. The van der Waals surface area contributed by atoms with E-state index in [4.69, 9.17) is 15.2 Å². The molecule has 0 radical (unpaired) electrons. The molecule has 0 heterocycles. The van der Waals surface area contributed by atoms with Crippen LogP contribution < -0.4 is 11.1 Å². The van der Waals surface area contributed by atoms with E-state index < -0.39 is 18.1 Å². The average Bonchev–Trinajstić information content (AvgIpc) is 2.91. The molecule has 1 unspecified atom stereocenters. The fourth-order valence-electron chi connectivity index (χ4n) is 4.30. The molecule has 34 heavy (non-hydrogen) atoms. The number of benzene rings is 1. The lowest BCUT2D eigenvalue weighted by Gasteiger charge is -2.25. The first-order valence-corrected chi connectivity index (χ1v) is 12.1. The van der Waals surface area contributed by atoms with Crippen molar-refractivity contribution in [2.45, 2.75) is 76.9 Å². The Morgan fingerprint density at radius 1 is 0.941 bits per heavy atom. The molecule has 0 aliphatic heterocycles. The summed E-state index contributed by atoms with van der Waals surface area (Å²) >= 11 is 0. The standard InChI is InChI=1S/C17H21NO4.C9H17NO2/c1-21-16(19)15(14-10-6-3-7-11-14)18-17(20)22-12-13-8-4-2-5-9-13;1-12-9(11)8(10)7-5-3-2-4-6-7/h2,4-5,8-9H,3,6-7,10-12H2,1H3,(H,18,20);7-8H,2-6,10H2,1H3. The Morgan fingerprint density at radius 2 is 1.56 bits per heavy atom. The summed E-state index contributed by atoms with van der Waals surface area (Å²) in [6.45, 7) is 0.163. The molecule has 1 aromatic rings. The topological polar surface area (TPSA) is 117 Å². The van der Waals surface area contributed by atoms with Crippen LogP contribution in [0, 0.1) is 5.92 Å². The molecule has 2 aliphatic rings. The van der Waals surface area contributed by atoms with Gasteiger partial charge in [0.25, 0.3) is 0 Å². The Bertz CT molecular complexity index is 810. The van der Waals surface area contributed by atoms with Gasteiger partial charge in [0.15, 0.2) is 0 Å². The Labute approximate surface area is 202 Å². The number of carbonyl (C=O) groups excluding carboxylic acids is 3. The van der Waals surface area contributed by atoms with Gasteiger partial charge < -0.3 is 19.9 Å². The molecule has 1 atom stereocenters. The number of nitrogens with one attached hydrogen (secondary N) is 1. The zero-order chi connectivity index (χ0) is 24.8. The van der Waals surface area contributed by atoms with Gasteiger partial charge in [0.05, 0.1) is 14.2 Å². The molecule has 0 aromatic heterocycles. The minimum Gasteiger partial charge on any atom is -0.468 e. The number of allylic oxidation sites excluding steroid dienone is 1. The highest BCUT2D eigenvalue weighted by Gasteiger charge is 2.26. The molecule has 1 aromatic carbocycles. The number of rotatable bonds is 6. The van der Waals surface area contributed by atoms with E-state index in [-0.39, 0.29) is 18.3 Å². The summed E-state index contributed by atoms with van der Waals surface area (Å²) in [6.07, 6.45) is 10.0. The van der Waals surface area contributed by atoms with Crippen LogP contribution in [0.3, 0.4) is 0 Å². The van der Waals surface area contributed by atoms with Crippen molar-refractivity contribution in [3.05, 3.63) is 47.2 Å². The van der Waals surface area contributed by atoms with E-state index in [9.17, 15) is 14.4 Å². The van der Waals surface area contributed by atoms with Crippen LogP contribution in [0.5, 0.6) is 0 Å². The second-order valence-electron chi connectivity index (χ2n) is 8.66. The molecule has 0 spiro atoms.